The van der Waals surface area contributed by atoms with Gasteiger partial charge in [0.25, 0.3) is 0 Å². The van der Waals surface area contributed by atoms with Crippen LogP contribution in [0, 0.1) is 0 Å². The molecule has 1 atom stereocenters. The maximum absolute atomic E-state index is 5.74. The molecule has 0 N–H and O–H groups in total. The fourth-order valence-corrected chi connectivity index (χ4v) is 1.34. The molecule has 0 aromatic heterocycles. The van der Waals surface area contributed by atoms with Crippen molar-refractivity contribution >= 4 is 27.5 Å². The maximum atomic E-state index is 5.74. The van der Waals surface area contributed by atoms with E-state index in [2.05, 4.69) is 22.9 Å². The van der Waals surface area contributed by atoms with Crippen LogP contribution in [0.15, 0.2) is 24.3 Å². The number of hydrogen-bond donors (Lipinski definition) is 0. The summed E-state index contributed by atoms with van der Waals surface area (Å²) in [4.78, 5) is 0.458. The Kier molecular flexibility index (Phi) is 3.41. The number of alkyl halides is 1. The molecule has 0 nitrogen and oxygen atoms in total. The van der Waals surface area contributed by atoms with E-state index >= 15 is 0 Å². The Hall–Kier alpha value is -0.0100. The van der Waals surface area contributed by atoms with Gasteiger partial charge in [0.15, 0.2) is 0 Å². The van der Waals surface area contributed by atoms with Gasteiger partial charge >= 0.3 is 0 Å². The highest BCUT2D eigenvalue weighted by molar-refractivity contribution is 9.09. The van der Waals surface area contributed by atoms with Gasteiger partial charge in [0.2, 0.25) is 0 Å². The van der Waals surface area contributed by atoms with Crippen LogP contribution in [0.3, 0.4) is 0 Å². The highest BCUT2D eigenvalue weighted by Gasteiger charge is 2.02. The second kappa shape index (κ2) is 4.13. The molecule has 0 amide bonds. The molecular formula is C9H10BrCl. The first-order valence-electron chi connectivity index (χ1n) is 3.63. The topological polar surface area (TPSA) is 0 Å². The fourth-order valence-electron chi connectivity index (χ4n) is 0.907. The summed E-state index contributed by atoms with van der Waals surface area (Å²) < 4.78 is 0. The summed E-state index contributed by atoms with van der Waals surface area (Å²) in [5, 5.41) is 0.796. The quantitative estimate of drug-likeness (QED) is 0.672. The number of rotatable bonds is 2. The van der Waals surface area contributed by atoms with Crippen LogP contribution in [0.1, 0.15) is 23.7 Å². The molecule has 1 rings (SSSR count). The van der Waals surface area contributed by atoms with Crippen molar-refractivity contribution < 1.29 is 0 Å². The molecule has 0 saturated heterocycles. The van der Waals surface area contributed by atoms with E-state index < -0.39 is 0 Å². The Morgan fingerprint density at radius 3 is 2.36 bits per heavy atom. The minimum atomic E-state index is 0.458. The molecule has 0 spiro atoms. The number of benzene rings is 1. The Morgan fingerprint density at radius 2 is 1.91 bits per heavy atom. The molecule has 0 unspecified atom stereocenters. The zero-order valence-electron chi connectivity index (χ0n) is 6.35. The van der Waals surface area contributed by atoms with Gasteiger partial charge in [0.1, 0.15) is 0 Å². The second-order valence-corrected chi connectivity index (χ2v) is 3.97. The van der Waals surface area contributed by atoms with E-state index in [1.54, 1.807) is 0 Å². The monoisotopic (exact) mass is 232 g/mol. The summed E-state index contributed by atoms with van der Waals surface area (Å²) in [6, 6.07) is 7.93. The molecule has 0 aliphatic carbocycles. The zero-order valence-corrected chi connectivity index (χ0v) is 8.69. The summed E-state index contributed by atoms with van der Waals surface area (Å²) in [7, 11) is 0. The first-order valence-corrected chi connectivity index (χ1v) is 4.93. The number of halogens is 2. The van der Waals surface area contributed by atoms with Gasteiger partial charge in [-0.05, 0) is 24.1 Å². The van der Waals surface area contributed by atoms with Crippen molar-refractivity contribution in [1.82, 2.24) is 0 Å². The van der Waals surface area contributed by atoms with Gasteiger partial charge in [-0.1, -0.05) is 46.6 Å². The minimum absolute atomic E-state index is 0.458. The molecule has 11 heavy (non-hydrogen) atoms. The number of hydrogen-bond acceptors (Lipinski definition) is 0. The van der Waals surface area contributed by atoms with E-state index in [1.165, 1.54) is 5.56 Å². The predicted octanol–water partition coefficient (Wildman–Crippen LogP) is 4.19. The lowest BCUT2D eigenvalue weighted by Crippen LogP contribution is -1.85. The van der Waals surface area contributed by atoms with Crippen LogP contribution in [-0.4, -0.2) is 0 Å². The molecule has 1 aromatic carbocycles. The molecule has 0 bridgehead atoms. The highest BCUT2D eigenvalue weighted by Crippen LogP contribution is 2.26. The minimum Gasteiger partial charge on any atom is -0.0843 e. The van der Waals surface area contributed by atoms with Gasteiger partial charge < -0.3 is 0 Å². The zero-order chi connectivity index (χ0) is 8.27. The standard InChI is InChI=1S/C9H10BrCl/c1-2-9(10)7-3-5-8(11)6-4-7/h3-6,9H,2H2,1H3/t9-/m0/s1. The summed E-state index contributed by atoms with van der Waals surface area (Å²) in [6.45, 7) is 2.15. The van der Waals surface area contributed by atoms with E-state index in [0.29, 0.717) is 4.83 Å². The van der Waals surface area contributed by atoms with Crippen molar-refractivity contribution in [2.24, 2.45) is 0 Å². The van der Waals surface area contributed by atoms with Crippen molar-refractivity contribution in [2.45, 2.75) is 18.2 Å². The molecule has 60 valence electrons. The molecule has 2 heteroatoms. The average molecular weight is 234 g/mol. The molecule has 0 aliphatic rings. The average Bonchev–Trinajstić information content (AvgIpc) is 2.05. The van der Waals surface area contributed by atoms with Gasteiger partial charge in [-0.25, -0.2) is 0 Å². The molecule has 0 heterocycles. The summed E-state index contributed by atoms with van der Waals surface area (Å²) >= 11 is 9.31. The van der Waals surface area contributed by atoms with Crippen LogP contribution in [0.4, 0.5) is 0 Å². The highest BCUT2D eigenvalue weighted by atomic mass is 79.9. The lowest BCUT2D eigenvalue weighted by Gasteiger charge is -2.05. The second-order valence-electron chi connectivity index (χ2n) is 2.43. The van der Waals surface area contributed by atoms with Crippen LogP contribution < -0.4 is 0 Å². The van der Waals surface area contributed by atoms with Gasteiger partial charge in [-0.2, -0.15) is 0 Å². The van der Waals surface area contributed by atoms with Crippen LogP contribution in [0.5, 0.6) is 0 Å². The Bertz CT molecular complexity index is 218. The summed E-state index contributed by atoms with van der Waals surface area (Å²) in [5.74, 6) is 0. The summed E-state index contributed by atoms with van der Waals surface area (Å²) in [6.07, 6.45) is 1.10. The van der Waals surface area contributed by atoms with Crippen molar-refractivity contribution in [2.75, 3.05) is 0 Å². The van der Waals surface area contributed by atoms with E-state index in [-0.39, 0.29) is 0 Å². The Balaban J connectivity index is 2.81. The van der Waals surface area contributed by atoms with Crippen LogP contribution in [0.25, 0.3) is 0 Å². The van der Waals surface area contributed by atoms with Gasteiger partial charge in [-0.3, -0.25) is 0 Å². The van der Waals surface area contributed by atoms with Crippen molar-refractivity contribution in [3.05, 3.63) is 34.9 Å². The van der Waals surface area contributed by atoms with Gasteiger partial charge in [0.05, 0.1) is 0 Å². The Morgan fingerprint density at radius 1 is 1.36 bits per heavy atom. The molecule has 0 fully saturated rings. The Labute approximate surface area is 80.7 Å². The van der Waals surface area contributed by atoms with E-state index in [1.807, 2.05) is 24.3 Å². The van der Waals surface area contributed by atoms with E-state index in [0.717, 1.165) is 11.4 Å². The SMILES string of the molecule is CC[C@H](Br)c1ccc(Cl)cc1. The van der Waals surface area contributed by atoms with Crippen LogP contribution in [0.2, 0.25) is 5.02 Å². The third-order valence-corrected chi connectivity index (χ3v) is 3.02. The summed E-state index contributed by atoms with van der Waals surface area (Å²) in [5.41, 5.74) is 1.29. The van der Waals surface area contributed by atoms with Crippen molar-refractivity contribution in [3.63, 3.8) is 0 Å². The third-order valence-electron chi connectivity index (χ3n) is 1.59. The van der Waals surface area contributed by atoms with Crippen molar-refractivity contribution in [3.8, 4) is 0 Å². The van der Waals surface area contributed by atoms with Crippen LogP contribution in [-0.2, 0) is 0 Å². The van der Waals surface area contributed by atoms with E-state index in [4.69, 9.17) is 11.6 Å². The predicted molar refractivity (Wildman–Crippen MR) is 53.4 cm³/mol. The molecule has 1 aromatic rings. The fraction of sp³-hybridized carbons (Fsp3) is 0.333. The first kappa shape index (κ1) is 9.08. The van der Waals surface area contributed by atoms with Crippen molar-refractivity contribution in [1.29, 1.82) is 0 Å². The smallest absolute Gasteiger partial charge is 0.0406 e. The molecular weight excluding hydrogens is 223 g/mol. The lowest BCUT2D eigenvalue weighted by atomic mass is 10.1. The van der Waals surface area contributed by atoms with E-state index in [9.17, 15) is 0 Å². The largest absolute Gasteiger partial charge is 0.0843 e. The molecule has 0 radical (unpaired) electrons. The van der Waals surface area contributed by atoms with Gasteiger partial charge in [0, 0.05) is 9.85 Å². The van der Waals surface area contributed by atoms with Gasteiger partial charge in [-0.15, -0.1) is 0 Å². The maximum Gasteiger partial charge on any atom is 0.0406 e. The third kappa shape index (κ3) is 2.49. The molecule has 0 saturated carbocycles. The normalized spacial score (nSPS) is 13.0. The molecule has 0 aliphatic heterocycles. The lowest BCUT2D eigenvalue weighted by molar-refractivity contribution is 0.911. The van der Waals surface area contributed by atoms with Crippen LogP contribution >= 0.6 is 27.5 Å². The first-order chi connectivity index (χ1) is 5.24.